The molecule has 2 heterocycles. The molecule has 0 fully saturated rings. The Morgan fingerprint density at radius 1 is 1.00 bits per heavy atom. The van der Waals surface area contributed by atoms with Crippen LogP contribution < -0.4 is 4.74 Å². The number of nitrogens with zero attached hydrogens (tertiary/aromatic N) is 2. The second-order valence-electron chi connectivity index (χ2n) is 5.51. The van der Waals surface area contributed by atoms with Crippen LogP contribution in [0.1, 0.15) is 5.56 Å². The summed E-state index contributed by atoms with van der Waals surface area (Å²) in [7, 11) is 0. The first-order chi connectivity index (χ1) is 12.3. The average molecular weight is 350 g/mol. The van der Waals surface area contributed by atoms with Crippen molar-refractivity contribution in [1.82, 2.24) is 8.96 Å². The van der Waals surface area contributed by atoms with E-state index in [4.69, 9.17) is 4.74 Å². The van der Waals surface area contributed by atoms with Gasteiger partial charge in [-0.1, -0.05) is 36.4 Å². The third-order valence-corrected chi connectivity index (χ3v) is 4.79. The smallest absolute Gasteiger partial charge is 0.153 e. The zero-order chi connectivity index (χ0) is 17.1. The van der Waals surface area contributed by atoms with Gasteiger partial charge in [-0.2, -0.15) is 0 Å². The predicted octanol–water partition coefficient (Wildman–Crippen LogP) is 5.66. The molecule has 0 aliphatic carbocycles. The summed E-state index contributed by atoms with van der Waals surface area (Å²) in [4.78, 5) is 4.46. The topological polar surface area (TPSA) is 27.1 Å². The van der Waals surface area contributed by atoms with Crippen LogP contribution in [0.25, 0.3) is 11.0 Å². The van der Waals surface area contributed by atoms with Crippen molar-refractivity contribution in [3.8, 4) is 11.5 Å². The van der Waals surface area contributed by atoms with Crippen LogP contribution in [0, 0.1) is 5.82 Å². The SMILES string of the molecule is Fc1cccc(Oc2ccnc3c2ccn3SCc2ccccc2)c1. The summed E-state index contributed by atoms with van der Waals surface area (Å²) < 4.78 is 21.2. The maximum atomic E-state index is 13.3. The van der Waals surface area contributed by atoms with Crippen molar-refractivity contribution in [2.45, 2.75) is 5.75 Å². The van der Waals surface area contributed by atoms with Crippen LogP contribution >= 0.6 is 11.9 Å². The van der Waals surface area contributed by atoms with E-state index in [0.717, 1.165) is 16.8 Å². The Kier molecular flexibility index (Phi) is 4.39. The normalized spacial score (nSPS) is 10.9. The van der Waals surface area contributed by atoms with Crippen molar-refractivity contribution >= 4 is 23.0 Å². The number of hydrogen-bond donors (Lipinski definition) is 0. The number of benzene rings is 2. The van der Waals surface area contributed by atoms with Crippen molar-refractivity contribution in [2.75, 3.05) is 0 Å². The van der Waals surface area contributed by atoms with Gasteiger partial charge in [-0.15, -0.1) is 0 Å². The Bertz CT molecular complexity index is 1000. The predicted molar refractivity (Wildman–Crippen MR) is 99.3 cm³/mol. The summed E-state index contributed by atoms with van der Waals surface area (Å²) in [6, 6.07) is 20.2. The molecule has 25 heavy (non-hydrogen) atoms. The van der Waals surface area contributed by atoms with Crippen molar-refractivity contribution in [2.24, 2.45) is 0 Å². The first kappa shape index (κ1) is 15.7. The summed E-state index contributed by atoms with van der Waals surface area (Å²) in [5, 5.41) is 0.896. The minimum Gasteiger partial charge on any atom is -0.456 e. The number of aromatic nitrogens is 2. The highest BCUT2D eigenvalue weighted by molar-refractivity contribution is 7.97. The van der Waals surface area contributed by atoms with Crippen LogP contribution in [0.5, 0.6) is 11.5 Å². The highest BCUT2D eigenvalue weighted by Gasteiger charge is 2.10. The van der Waals surface area contributed by atoms with Gasteiger partial charge in [-0.05, 0) is 41.8 Å². The van der Waals surface area contributed by atoms with Gasteiger partial charge in [-0.3, -0.25) is 3.97 Å². The largest absolute Gasteiger partial charge is 0.456 e. The average Bonchev–Trinajstić information content (AvgIpc) is 3.05. The molecule has 0 unspecified atom stereocenters. The van der Waals surface area contributed by atoms with E-state index in [9.17, 15) is 4.39 Å². The Morgan fingerprint density at radius 2 is 1.88 bits per heavy atom. The molecule has 124 valence electrons. The molecular formula is C20H15FN2OS. The van der Waals surface area contributed by atoms with E-state index < -0.39 is 0 Å². The molecule has 2 aromatic carbocycles. The summed E-state index contributed by atoms with van der Waals surface area (Å²) in [5.41, 5.74) is 2.08. The lowest BCUT2D eigenvalue weighted by Gasteiger charge is -2.08. The van der Waals surface area contributed by atoms with Crippen molar-refractivity contribution < 1.29 is 9.13 Å². The molecule has 0 amide bonds. The second-order valence-corrected chi connectivity index (χ2v) is 6.45. The van der Waals surface area contributed by atoms with Crippen LogP contribution in [0.2, 0.25) is 0 Å². The van der Waals surface area contributed by atoms with E-state index in [2.05, 4.69) is 17.1 Å². The molecule has 0 N–H and O–H groups in total. The lowest BCUT2D eigenvalue weighted by Crippen LogP contribution is -1.91. The molecule has 0 atom stereocenters. The quantitative estimate of drug-likeness (QED) is 0.464. The molecule has 5 heteroatoms. The Labute approximate surface area is 149 Å². The van der Waals surface area contributed by atoms with E-state index >= 15 is 0 Å². The van der Waals surface area contributed by atoms with Gasteiger partial charge >= 0.3 is 0 Å². The number of fused-ring (bicyclic) bond motifs is 1. The number of halogens is 1. The summed E-state index contributed by atoms with van der Waals surface area (Å²) in [5.74, 6) is 1.66. The van der Waals surface area contributed by atoms with Crippen molar-refractivity contribution in [1.29, 1.82) is 0 Å². The molecule has 4 aromatic rings. The van der Waals surface area contributed by atoms with Gasteiger partial charge in [0.1, 0.15) is 17.3 Å². The molecule has 4 rings (SSSR count). The first-order valence-electron chi connectivity index (χ1n) is 7.86. The van der Waals surface area contributed by atoms with Gasteiger partial charge in [0.25, 0.3) is 0 Å². The van der Waals surface area contributed by atoms with Gasteiger partial charge in [0, 0.05) is 24.2 Å². The zero-order valence-corrected chi connectivity index (χ0v) is 14.1. The van der Waals surface area contributed by atoms with E-state index in [0.29, 0.717) is 11.5 Å². The van der Waals surface area contributed by atoms with Gasteiger partial charge in [0.2, 0.25) is 0 Å². The molecular weight excluding hydrogens is 335 g/mol. The molecule has 3 nitrogen and oxygen atoms in total. The summed E-state index contributed by atoms with van der Waals surface area (Å²) in [6.07, 6.45) is 3.68. The van der Waals surface area contributed by atoms with Gasteiger partial charge in [-0.25, -0.2) is 9.37 Å². The Balaban J connectivity index is 1.59. The summed E-state index contributed by atoms with van der Waals surface area (Å²) in [6.45, 7) is 0. The van der Waals surface area contributed by atoms with Crippen molar-refractivity contribution in [3.05, 3.63) is 90.5 Å². The number of ether oxygens (including phenoxy) is 1. The molecule has 0 spiro atoms. The fraction of sp³-hybridized carbons (Fsp3) is 0.0500. The van der Waals surface area contributed by atoms with E-state index in [-0.39, 0.29) is 5.82 Å². The molecule has 0 saturated heterocycles. The first-order valence-corrected chi connectivity index (χ1v) is 8.80. The lowest BCUT2D eigenvalue weighted by atomic mass is 10.2. The fourth-order valence-corrected chi connectivity index (χ4v) is 3.45. The second kappa shape index (κ2) is 6.99. The molecule has 2 aromatic heterocycles. The molecule has 0 aliphatic rings. The highest BCUT2D eigenvalue weighted by Crippen LogP contribution is 2.31. The van der Waals surface area contributed by atoms with Gasteiger partial charge in [0.05, 0.1) is 5.39 Å². The molecule has 0 radical (unpaired) electrons. The Hall–Kier alpha value is -2.79. The maximum absolute atomic E-state index is 13.3. The third-order valence-electron chi connectivity index (χ3n) is 3.75. The Morgan fingerprint density at radius 3 is 2.72 bits per heavy atom. The van der Waals surface area contributed by atoms with Crippen LogP contribution in [-0.2, 0) is 5.75 Å². The van der Waals surface area contributed by atoms with Crippen LogP contribution in [-0.4, -0.2) is 8.96 Å². The van der Waals surface area contributed by atoms with Gasteiger partial charge < -0.3 is 4.74 Å². The van der Waals surface area contributed by atoms with Crippen LogP contribution in [0.4, 0.5) is 4.39 Å². The highest BCUT2D eigenvalue weighted by atomic mass is 32.2. The number of pyridine rings is 1. The minimum atomic E-state index is -0.321. The zero-order valence-electron chi connectivity index (χ0n) is 13.3. The number of hydrogen-bond acceptors (Lipinski definition) is 3. The van der Waals surface area contributed by atoms with Crippen molar-refractivity contribution in [3.63, 3.8) is 0 Å². The summed E-state index contributed by atoms with van der Waals surface area (Å²) >= 11 is 1.67. The molecule has 0 aliphatic heterocycles. The van der Waals surface area contributed by atoms with Crippen LogP contribution in [0.3, 0.4) is 0 Å². The van der Waals surface area contributed by atoms with E-state index in [1.165, 1.54) is 17.7 Å². The molecule has 0 bridgehead atoms. The lowest BCUT2D eigenvalue weighted by molar-refractivity contribution is 0.481. The maximum Gasteiger partial charge on any atom is 0.153 e. The van der Waals surface area contributed by atoms with Crippen LogP contribution in [0.15, 0.2) is 79.1 Å². The monoisotopic (exact) mass is 350 g/mol. The third kappa shape index (κ3) is 3.51. The standard InChI is InChI=1S/C20H15FN2OS/c21-16-7-4-8-17(13-16)24-19-9-11-22-20-18(19)10-12-23(20)25-14-15-5-2-1-3-6-15/h1-13H,14H2. The van der Waals surface area contributed by atoms with E-state index in [1.807, 2.05) is 34.4 Å². The molecule has 0 saturated carbocycles. The minimum absolute atomic E-state index is 0.321. The fourth-order valence-electron chi connectivity index (χ4n) is 2.56. The van der Waals surface area contributed by atoms with E-state index in [1.54, 1.807) is 36.3 Å². The number of rotatable bonds is 5. The van der Waals surface area contributed by atoms with Gasteiger partial charge in [0.15, 0.2) is 5.65 Å².